The lowest BCUT2D eigenvalue weighted by molar-refractivity contribution is -0.137. The first-order valence-corrected chi connectivity index (χ1v) is 11.2. The van der Waals surface area contributed by atoms with Crippen molar-refractivity contribution >= 4 is 11.8 Å². The van der Waals surface area contributed by atoms with Crippen LogP contribution < -0.4 is 5.32 Å². The highest BCUT2D eigenvalue weighted by atomic mass is 16.5. The van der Waals surface area contributed by atoms with Gasteiger partial charge in [0.15, 0.2) is 0 Å². The second kappa shape index (κ2) is 9.57. The van der Waals surface area contributed by atoms with Crippen LogP contribution in [0.25, 0.3) is 0 Å². The van der Waals surface area contributed by atoms with Gasteiger partial charge in [-0.25, -0.2) is 0 Å². The van der Waals surface area contributed by atoms with Crippen LogP contribution in [0.1, 0.15) is 65.7 Å². The zero-order valence-electron chi connectivity index (χ0n) is 18.0. The van der Waals surface area contributed by atoms with E-state index in [9.17, 15) is 9.59 Å². The Bertz CT molecular complexity index is 526. The van der Waals surface area contributed by atoms with Crippen molar-refractivity contribution in [2.45, 2.75) is 77.9 Å². The number of hydrogen-bond acceptors (Lipinski definition) is 4. The van der Waals surface area contributed by atoms with Crippen LogP contribution in [-0.2, 0) is 14.3 Å². The summed E-state index contributed by atoms with van der Waals surface area (Å²) in [6.07, 6.45) is 7.64. The maximum Gasteiger partial charge on any atom is 0.237 e. The van der Waals surface area contributed by atoms with E-state index in [1.54, 1.807) is 0 Å². The predicted molar refractivity (Wildman–Crippen MR) is 110 cm³/mol. The quantitative estimate of drug-likeness (QED) is 0.753. The van der Waals surface area contributed by atoms with Gasteiger partial charge in [0.2, 0.25) is 11.8 Å². The van der Waals surface area contributed by atoms with E-state index in [0.717, 1.165) is 58.5 Å². The highest BCUT2D eigenvalue weighted by Crippen LogP contribution is 2.31. The molecule has 2 aliphatic heterocycles. The van der Waals surface area contributed by atoms with Crippen molar-refractivity contribution in [1.29, 1.82) is 0 Å². The van der Waals surface area contributed by atoms with Crippen LogP contribution in [0.3, 0.4) is 0 Å². The van der Waals surface area contributed by atoms with Crippen LogP contribution in [0, 0.1) is 11.3 Å². The number of ether oxygens (including phenoxy) is 1. The molecule has 6 nitrogen and oxygen atoms in total. The molecule has 0 bridgehead atoms. The van der Waals surface area contributed by atoms with Gasteiger partial charge in [0, 0.05) is 45.8 Å². The molecule has 1 aliphatic carbocycles. The van der Waals surface area contributed by atoms with Crippen LogP contribution in [0.5, 0.6) is 0 Å². The zero-order chi connectivity index (χ0) is 20.1. The summed E-state index contributed by atoms with van der Waals surface area (Å²) < 4.78 is 5.66. The highest BCUT2D eigenvalue weighted by molar-refractivity contribution is 5.82. The average molecular weight is 394 g/mol. The molecule has 3 rings (SSSR count). The monoisotopic (exact) mass is 393 g/mol. The molecule has 0 radical (unpaired) electrons. The Hall–Kier alpha value is -1.14. The van der Waals surface area contributed by atoms with E-state index in [2.05, 4.69) is 31.0 Å². The Labute approximate surface area is 170 Å². The first kappa shape index (κ1) is 21.6. The SMILES string of the molecule is CC(C)(C)CC(=O)N1CCN(C(C(=O)NCC2CCCO2)C2CCCC2)CC1. The maximum atomic E-state index is 13.1. The molecular weight excluding hydrogens is 354 g/mol. The molecule has 0 spiro atoms. The minimum absolute atomic E-state index is 0.0167. The topological polar surface area (TPSA) is 61.9 Å². The summed E-state index contributed by atoms with van der Waals surface area (Å²) >= 11 is 0. The van der Waals surface area contributed by atoms with Gasteiger partial charge >= 0.3 is 0 Å². The Morgan fingerprint density at radius 1 is 1.04 bits per heavy atom. The van der Waals surface area contributed by atoms with Crippen molar-refractivity contribution < 1.29 is 14.3 Å². The minimum Gasteiger partial charge on any atom is -0.376 e. The van der Waals surface area contributed by atoms with E-state index in [1.165, 1.54) is 12.8 Å². The van der Waals surface area contributed by atoms with Gasteiger partial charge < -0.3 is 15.0 Å². The second-order valence-electron chi connectivity index (χ2n) is 10.0. The van der Waals surface area contributed by atoms with E-state index in [4.69, 9.17) is 4.74 Å². The molecule has 160 valence electrons. The minimum atomic E-state index is -0.0521. The Morgan fingerprint density at radius 3 is 2.29 bits per heavy atom. The first-order valence-electron chi connectivity index (χ1n) is 11.2. The number of nitrogens with zero attached hydrogens (tertiary/aromatic N) is 2. The maximum absolute atomic E-state index is 13.1. The van der Waals surface area contributed by atoms with Gasteiger partial charge in [0.05, 0.1) is 12.1 Å². The van der Waals surface area contributed by atoms with Crippen molar-refractivity contribution in [3.8, 4) is 0 Å². The van der Waals surface area contributed by atoms with Crippen LogP contribution in [-0.4, -0.2) is 73.1 Å². The largest absolute Gasteiger partial charge is 0.376 e. The van der Waals surface area contributed by atoms with Gasteiger partial charge in [-0.3, -0.25) is 14.5 Å². The Morgan fingerprint density at radius 2 is 1.71 bits per heavy atom. The molecule has 1 N–H and O–H groups in total. The molecule has 1 saturated carbocycles. The van der Waals surface area contributed by atoms with Crippen molar-refractivity contribution in [1.82, 2.24) is 15.1 Å². The number of amides is 2. The Balaban J connectivity index is 1.55. The second-order valence-corrected chi connectivity index (χ2v) is 10.0. The molecule has 28 heavy (non-hydrogen) atoms. The lowest BCUT2D eigenvalue weighted by Gasteiger charge is -2.41. The number of carbonyl (C=O) groups excluding carboxylic acids is 2. The molecule has 0 aromatic rings. The number of hydrogen-bond donors (Lipinski definition) is 1. The fraction of sp³-hybridized carbons (Fsp3) is 0.909. The predicted octanol–water partition coefficient (Wildman–Crippen LogP) is 2.42. The molecule has 2 heterocycles. The van der Waals surface area contributed by atoms with Crippen molar-refractivity contribution in [3.63, 3.8) is 0 Å². The van der Waals surface area contributed by atoms with Crippen LogP contribution >= 0.6 is 0 Å². The van der Waals surface area contributed by atoms with Crippen molar-refractivity contribution in [2.75, 3.05) is 39.3 Å². The summed E-state index contributed by atoms with van der Waals surface area (Å²) in [5.41, 5.74) is 0.0167. The number of piperazine rings is 1. The third-order valence-corrected chi connectivity index (χ3v) is 6.38. The summed E-state index contributed by atoms with van der Waals surface area (Å²) in [6, 6.07) is -0.0521. The number of carbonyl (C=O) groups is 2. The van der Waals surface area contributed by atoms with Crippen LogP contribution in [0.15, 0.2) is 0 Å². The summed E-state index contributed by atoms with van der Waals surface area (Å²) in [5.74, 6) is 0.852. The zero-order valence-corrected chi connectivity index (χ0v) is 18.0. The van der Waals surface area contributed by atoms with Gasteiger partial charge in [0.25, 0.3) is 0 Å². The molecule has 3 fully saturated rings. The van der Waals surface area contributed by atoms with Crippen LogP contribution in [0.2, 0.25) is 0 Å². The van der Waals surface area contributed by atoms with E-state index in [0.29, 0.717) is 18.9 Å². The van der Waals surface area contributed by atoms with Gasteiger partial charge in [-0.2, -0.15) is 0 Å². The third-order valence-electron chi connectivity index (χ3n) is 6.38. The highest BCUT2D eigenvalue weighted by Gasteiger charge is 2.37. The number of nitrogens with one attached hydrogen (secondary N) is 1. The molecule has 0 aromatic carbocycles. The summed E-state index contributed by atoms with van der Waals surface area (Å²) in [6.45, 7) is 10.8. The number of rotatable bonds is 6. The van der Waals surface area contributed by atoms with Crippen molar-refractivity contribution in [3.05, 3.63) is 0 Å². The normalized spacial score (nSPS) is 25.8. The molecule has 2 atom stereocenters. The Kier molecular flexibility index (Phi) is 7.37. The fourth-order valence-corrected chi connectivity index (χ4v) is 4.89. The summed E-state index contributed by atoms with van der Waals surface area (Å²) in [5, 5.41) is 3.18. The standard InChI is InChI=1S/C22H39N3O3/c1-22(2,3)15-19(26)24-10-12-25(13-11-24)20(17-7-4-5-8-17)21(27)23-16-18-9-6-14-28-18/h17-18,20H,4-16H2,1-3H3,(H,23,27). The summed E-state index contributed by atoms with van der Waals surface area (Å²) in [4.78, 5) is 30.0. The lowest BCUT2D eigenvalue weighted by Crippen LogP contribution is -2.58. The summed E-state index contributed by atoms with van der Waals surface area (Å²) in [7, 11) is 0. The average Bonchev–Trinajstić information content (AvgIpc) is 3.33. The van der Waals surface area contributed by atoms with Gasteiger partial charge in [0.1, 0.15) is 0 Å². The van der Waals surface area contributed by atoms with Gasteiger partial charge in [-0.15, -0.1) is 0 Å². The van der Waals surface area contributed by atoms with Gasteiger partial charge in [-0.1, -0.05) is 33.6 Å². The fourth-order valence-electron chi connectivity index (χ4n) is 4.89. The molecular formula is C22H39N3O3. The molecule has 6 heteroatoms. The van der Waals surface area contributed by atoms with Crippen LogP contribution in [0.4, 0.5) is 0 Å². The van der Waals surface area contributed by atoms with E-state index in [-0.39, 0.29) is 29.4 Å². The first-order chi connectivity index (χ1) is 13.3. The molecule has 0 aromatic heterocycles. The van der Waals surface area contributed by atoms with E-state index in [1.807, 2.05) is 4.90 Å². The van der Waals surface area contributed by atoms with E-state index >= 15 is 0 Å². The molecule has 2 unspecified atom stereocenters. The lowest BCUT2D eigenvalue weighted by atomic mass is 9.91. The molecule has 3 aliphatic rings. The molecule has 2 amide bonds. The molecule has 2 saturated heterocycles. The van der Waals surface area contributed by atoms with E-state index < -0.39 is 0 Å². The third kappa shape index (κ3) is 5.93. The smallest absolute Gasteiger partial charge is 0.237 e. The van der Waals surface area contributed by atoms with Gasteiger partial charge in [-0.05, 0) is 37.0 Å². The van der Waals surface area contributed by atoms with Crippen molar-refractivity contribution in [2.24, 2.45) is 11.3 Å².